The summed E-state index contributed by atoms with van der Waals surface area (Å²) in [5, 5.41) is 18.1. The Kier molecular flexibility index (Phi) is 2.87. The molecule has 0 aliphatic carbocycles. The zero-order valence-electron chi connectivity index (χ0n) is 9.49. The lowest BCUT2D eigenvalue weighted by Gasteiger charge is -2.05. The Morgan fingerprint density at radius 1 is 1.39 bits per heavy atom. The summed E-state index contributed by atoms with van der Waals surface area (Å²) in [5.74, 6) is 0. The number of nitro groups is 1. The Morgan fingerprint density at radius 2 is 2.06 bits per heavy atom. The van der Waals surface area contributed by atoms with Crippen LogP contribution >= 0.6 is 11.6 Å². The SMILES string of the molecule is Cc1c(Cl)cc([N+](=O)[O-])cc1-n1nnn(C)c1=O. The fraction of sp³-hybridized carbons (Fsp3) is 0.222. The number of rotatable bonds is 2. The molecule has 1 aromatic heterocycles. The number of nitro benzene ring substituents is 1. The number of benzene rings is 1. The van der Waals surface area contributed by atoms with Gasteiger partial charge in [-0.2, -0.15) is 9.36 Å². The Hall–Kier alpha value is -2.22. The smallest absolute Gasteiger partial charge is 0.258 e. The second-order valence-corrected chi connectivity index (χ2v) is 4.03. The van der Waals surface area contributed by atoms with Gasteiger partial charge in [0, 0.05) is 19.2 Å². The second-order valence-electron chi connectivity index (χ2n) is 3.63. The van der Waals surface area contributed by atoms with E-state index in [0.29, 0.717) is 5.56 Å². The number of non-ortho nitro benzene ring substituents is 1. The normalized spacial score (nSPS) is 10.6. The minimum atomic E-state index is -0.587. The van der Waals surface area contributed by atoms with Gasteiger partial charge in [-0.05, 0) is 22.9 Å². The van der Waals surface area contributed by atoms with Crippen molar-refractivity contribution < 1.29 is 4.92 Å². The summed E-state index contributed by atoms with van der Waals surface area (Å²) >= 11 is 5.90. The van der Waals surface area contributed by atoms with Gasteiger partial charge in [0.25, 0.3) is 5.69 Å². The van der Waals surface area contributed by atoms with Crippen molar-refractivity contribution in [1.82, 2.24) is 19.8 Å². The quantitative estimate of drug-likeness (QED) is 0.594. The second kappa shape index (κ2) is 4.22. The number of tetrazole rings is 1. The lowest BCUT2D eigenvalue weighted by Crippen LogP contribution is -2.22. The van der Waals surface area contributed by atoms with Crippen molar-refractivity contribution in [2.45, 2.75) is 6.92 Å². The van der Waals surface area contributed by atoms with Gasteiger partial charge in [-0.15, -0.1) is 0 Å². The van der Waals surface area contributed by atoms with Crippen LogP contribution in [0.5, 0.6) is 0 Å². The van der Waals surface area contributed by atoms with Crippen LogP contribution in [-0.4, -0.2) is 24.7 Å². The fourth-order valence-electron chi connectivity index (χ4n) is 1.44. The summed E-state index contributed by atoms with van der Waals surface area (Å²) in [7, 11) is 1.43. The third-order valence-corrected chi connectivity index (χ3v) is 2.85. The Labute approximate surface area is 106 Å². The van der Waals surface area contributed by atoms with E-state index < -0.39 is 10.6 Å². The lowest BCUT2D eigenvalue weighted by atomic mass is 10.2. The van der Waals surface area contributed by atoms with E-state index in [1.165, 1.54) is 19.2 Å². The number of nitrogens with zero attached hydrogens (tertiary/aromatic N) is 5. The average Bonchev–Trinajstić information content (AvgIpc) is 2.63. The van der Waals surface area contributed by atoms with Gasteiger partial charge in [0.05, 0.1) is 15.6 Å². The van der Waals surface area contributed by atoms with Gasteiger partial charge in [-0.3, -0.25) is 10.1 Å². The van der Waals surface area contributed by atoms with Crippen molar-refractivity contribution in [2.75, 3.05) is 0 Å². The minimum absolute atomic E-state index is 0.191. The van der Waals surface area contributed by atoms with Crippen LogP contribution in [0.4, 0.5) is 5.69 Å². The van der Waals surface area contributed by atoms with Crippen molar-refractivity contribution in [1.29, 1.82) is 0 Å². The molecule has 1 aromatic carbocycles. The molecule has 0 aliphatic heterocycles. The van der Waals surface area contributed by atoms with E-state index in [1.807, 2.05) is 0 Å². The van der Waals surface area contributed by atoms with Crippen LogP contribution in [0, 0.1) is 17.0 Å². The van der Waals surface area contributed by atoms with Crippen LogP contribution in [-0.2, 0) is 7.05 Å². The lowest BCUT2D eigenvalue weighted by molar-refractivity contribution is -0.384. The van der Waals surface area contributed by atoms with Crippen molar-refractivity contribution in [3.63, 3.8) is 0 Å². The van der Waals surface area contributed by atoms with Crippen LogP contribution in [0.2, 0.25) is 5.02 Å². The van der Waals surface area contributed by atoms with Crippen molar-refractivity contribution in [3.05, 3.63) is 43.3 Å². The van der Waals surface area contributed by atoms with E-state index in [0.717, 1.165) is 9.36 Å². The molecule has 0 radical (unpaired) electrons. The molecular formula is C9H8ClN5O3. The van der Waals surface area contributed by atoms with Gasteiger partial charge in [0.1, 0.15) is 0 Å². The molecule has 1 heterocycles. The summed E-state index contributed by atoms with van der Waals surface area (Å²) in [6.07, 6.45) is 0. The van der Waals surface area contributed by atoms with Crippen LogP contribution in [0.25, 0.3) is 5.69 Å². The first-order valence-corrected chi connectivity index (χ1v) is 5.23. The average molecular weight is 270 g/mol. The van der Waals surface area contributed by atoms with E-state index in [9.17, 15) is 14.9 Å². The van der Waals surface area contributed by atoms with Gasteiger partial charge < -0.3 is 0 Å². The van der Waals surface area contributed by atoms with E-state index in [4.69, 9.17) is 11.6 Å². The van der Waals surface area contributed by atoms with Crippen molar-refractivity contribution in [2.24, 2.45) is 7.05 Å². The van der Waals surface area contributed by atoms with E-state index in [2.05, 4.69) is 10.4 Å². The zero-order valence-corrected chi connectivity index (χ0v) is 10.2. The van der Waals surface area contributed by atoms with Gasteiger partial charge in [0.2, 0.25) is 0 Å². The number of hydrogen-bond acceptors (Lipinski definition) is 5. The van der Waals surface area contributed by atoms with Gasteiger partial charge in [-0.25, -0.2) is 4.79 Å². The number of halogens is 1. The standard InChI is InChI=1S/C9H8ClN5O3/c1-5-7(10)3-6(15(17)18)4-8(5)14-9(16)13(2)11-12-14/h3-4H,1-2H3. The zero-order chi connectivity index (χ0) is 13.4. The highest BCUT2D eigenvalue weighted by molar-refractivity contribution is 6.31. The molecule has 0 N–H and O–H groups in total. The highest BCUT2D eigenvalue weighted by Crippen LogP contribution is 2.27. The summed E-state index contributed by atoms with van der Waals surface area (Å²) in [5.41, 5.74) is 0.0463. The summed E-state index contributed by atoms with van der Waals surface area (Å²) < 4.78 is 1.99. The first-order valence-electron chi connectivity index (χ1n) is 4.85. The molecule has 0 aliphatic rings. The maximum Gasteiger partial charge on any atom is 0.368 e. The summed E-state index contributed by atoms with van der Waals surface area (Å²) in [6.45, 7) is 1.64. The molecule has 0 saturated heterocycles. The first kappa shape index (κ1) is 12.2. The van der Waals surface area contributed by atoms with Crippen molar-refractivity contribution in [3.8, 4) is 5.69 Å². The van der Waals surface area contributed by atoms with Crippen LogP contribution in [0.3, 0.4) is 0 Å². The van der Waals surface area contributed by atoms with Crippen LogP contribution < -0.4 is 5.69 Å². The fourth-order valence-corrected chi connectivity index (χ4v) is 1.65. The molecule has 0 bridgehead atoms. The molecule has 2 aromatic rings. The number of aryl methyl sites for hydroxylation is 1. The Bertz CT molecular complexity index is 690. The molecule has 0 saturated carbocycles. The van der Waals surface area contributed by atoms with E-state index >= 15 is 0 Å². The molecule has 0 amide bonds. The van der Waals surface area contributed by atoms with Crippen molar-refractivity contribution >= 4 is 17.3 Å². The van der Waals surface area contributed by atoms with Gasteiger partial charge in [0.15, 0.2) is 0 Å². The first-order chi connectivity index (χ1) is 8.41. The molecule has 0 unspecified atom stereocenters. The van der Waals surface area contributed by atoms with E-state index in [1.54, 1.807) is 6.92 Å². The maximum atomic E-state index is 11.7. The third kappa shape index (κ3) is 1.86. The predicted octanol–water partition coefficient (Wildman–Crippen LogP) is 0.836. The summed E-state index contributed by atoms with van der Waals surface area (Å²) in [4.78, 5) is 21.9. The van der Waals surface area contributed by atoms with Crippen LogP contribution in [0.15, 0.2) is 16.9 Å². The van der Waals surface area contributed by atoms with Gasteiger partial charge in [-0.1, -0.05) is 11.6 Å². The summed E-state index contributed by atoms with van der Waals surface area (Å²) in [6, 6.07) is 2.46. The molecular weight excluding hydrogens is 262 g/mol. The largest absolute Gasteiger partial charge is 0.368 e. The Balaban J connectivity index is 2.74. The highest BCUT2D eigenvalue weighted by atomic mass is 35.5. The minimum Gasteiger partial charge on any atom is -0.258 e. The molecule has 94 valence electrons. The molecule has 2 rings (SSSR count). The molecule has 9 heteroatoms. The molecule has 18 heavy (non-hydrogen) atoms. The topological polar surface area (TPSA) is 95.8 Å². The van der Waals surface area contributed by atoms with Crippen LogP contribution in [0.1, 0.15) is 5.56 Å². The van der Waals surface area contributed by atoms with Gasteiger partial charge >= 0.3 is 5.69 Å². The molecule has 0 atom stereocenters. The number of hydrogen-bond donors (Lipinski definition) is 0. The monoisotopic (exact) mass is 269 g/mol. The highest BCUT2D eigenvalue weighted by Gasteiger charge is 2.17. The third-order valence-electron chi connectivity index (χ3n) is 2.46. The molecule has 8 nitrogen and oxygen atoms in total. The predicted molar refractivity (Wildman–Crippen MR) is 63.0 cm³/mol. The van der Waals surface area contributed by atoms with E-state index in [-0.39, 0.29) is 16.4 Å². The number of aromatic nitrogens is 4. The Morgan fingerprint density at radius 3 is 2.56 bits per heavy atom. The maximum absolute atomic E-state index is 11.7. The molecule has 0 spiro atoms. The molecule has 0 fully saturated rings.